The highest BCUT2D eigenvalue weighted by Gasteiger charge is 2.15. The number of hydrogen-bond acceptors (Lipinski definition) is 5. The molecule has 0 atom stereocenters. The third kappa shape index (κ3) is 7.89. The summed E-state index contributed by atoms with van der Waals surface area (Å²) in [6.45, 7) is 4.37. The molecule has 9 heteroatoms. The summed E-state index contributed by atoms with van der Waals surface area (Å²) >= 11 is 5.28. The van der Waals surface area contributed by atoms with Crippen LogP contribution >= 0.6 is 12.2 Å². The lowest BCUT2D eigenvalue weighted by Gasteiger charge is -2.12. The first-order chi connectivity index (χ1) is 18.7. The van der Waals surface area contributed by atoms with Crippen molar-refractivity contribution in [3.8, 4) is 5.75 Å². The molecule has 4 aromatic rings. The summed E-state index contributed by atoms with van der Waals surface area (Å²) < 4.78 is 33.9. The monoisotopic (exact) mass is 559 g/mol. The molecule has 0 aromatic heterocycles. The van der Waals surface area contributed by atoms with E-state index in [1.54, 1.807) is 48.5 Å². The molecule has 0 fully saturated rings. The Hall–Kier alpha value is -4.21. The van der Waals surface area contributed by atoms with E-state index in [2.05, 4.69) is 15.4 Å². The van der Waals surface area contributed by atoms with Crippen molar-refractivity contribution in [1.29, 1.82) is 0 Å². The molecule has 3 N–H and O–H groups in total. The van der Waals surface area contributed by atoms with Crippen LogP contribution in [0.2, 0.25) is 0 Å². The Morgan fingerprint density at radius 3 is 2.26 bits per heavy atom. The van der Waals surface area contributed by atoms with Crippen LogP contribution in [0, 0.1) is 13.8 Å². The lowest BCUT2D eigenvalue weighted by atomic mass is 10.1. The van der Waals surface area contributed by atoms with Gasteiger partial charge in [0.2, 0.25) is 0 Å². The largest absolute Gasteiger partial charge is 0.493 e. The second-order valence-electron chi connectivity index (χ2n) is 8.95. The molecule has 0 aliphatic rings. The Bertz CT molecular complexity index is 1570. The van der Waals surface area contributed by atoms with Crippen LogP contribution in [0.4, 0.5) is 11.4 Å². The van der Waals surface area contributed by atoms with Gasteiger partial charge in [-0.15, -0.1) is 0 Å². The maximum absolute atomic E-state index is 12.8. The molecule has 0 aliphatic heterocycles. The number of carbonyl (C=O) groups is 1. The highest BCUT2D eigenvalue weighted by Crippen LogP contribution is 2.21. The lowest BCUT2D eigenvalue weighted by Crippen LogP contribution is -2.34. The van der Waals surface area contributed by atoms with Gasteiger partial charge in [0.15, 0.2) is 5.11 Å². The Morgan fingerprint density at radius 2 is 1.54 bits per heavy atom. The van der Waals surface area contributed by atoms with Gasteiger partial charge in [0, 0.05) is 23.4 Å². The molecular formula is C30H29N3O4S2. The first-order valence-electron chi connectivity index (χ1n) is 12.3. The summed E-state index contributed by atoms with van der Waals surface area (Å²) in [5, 5.41) is 5.62. The van der Waals surface area contributed by atoms with E-state index in [9.17, 15) is 13.2 Å². The van der Waals surface area contributed by atoms with Gasteiger partial charge in [-0.3, -0.25) is 14.8 Å². The first kappa shape index (κ1) is 27.8. The Balaban J connectivity index is 1.30. The number of amides is 1. The highest BCUT2D eigenvalue weighted by molar-refractivity contribution is 7.92. The quantitative estimate of drug-likeness (QED) is 0.223. The molecular weight excluding hydrogens is 530 g/mol. The first-order valence-corrected chi connectivity index (χ1v) is 14.2. The van der Waals surface area contributed by atoms with Gasteiger partial charge in [-0.1, -0.05) is 42.5 Å². The third-order valence-electron chi connectivity index (χ3n) is 6.01. The summed E-state index contributed by atoms with van der Waals surface area (Å²) in [5.41, 5.74) is 4.67. The van der Waals surface area contributed by atoms with Gasteiger partial charge in [-0.2, -0.15) is 0 Å². The topological polar surface area (TPSA) is 96.5 Å². The van der Waals surface area contributed by atoms with Gasteiger partial charge in [0.25, 0.3) is 15.9 Å². The molecule has 0 radical (unpaired) electrons. The van der Waals surface area contributed by atoms with Crippen molar-refractivity contribution in [1.82, 2.24) is 5.32 Å². The van der Waals surface area contributed by atoms with Crippen molar-refractivity contribution in [3.63, 3.8) is 0 Å². The maximum atomic E-state index is 12.8. The number of nitrogens with one attached hydrogen (secondary N) is 3. The van der Waals surface area contributed by atoms with E-state index in [-0.39, 0.29) is 10.0 Å². The molecule has 200 valence electrons. The van der Waals surface area contributed by atoms with E-state index in [1.807, 2.05) is 50.2 Å². The van der Waals surface area contributed by atoms with Crippen molar-refractivity contribution in [2.24, 2.45) is 0 Å². The fourth-order valence-corrected chi connectivity index (χ4v) is 4.99. The van der Waals surface area contributed by atoms with Crippen LogP contribution in [-0.4, -0.2) is 26.0 Å². The van der Waals surface area contributed by atoms with Crippen LogP contribution in [0.15, 0.2) is 102 Å². The molecule has 0 saturated carbocycles. The minimum absolute atomic E-state index is 0.0826. The van der Waals surface area contributed by atoms with Gasteiger partial charge in [-0.05, 0) is 97.4 Å². The van der Waals surface area contributed by atoms with Crippen LogP contribution in [0.3, 0.4) is 0 Å². The van der Waals surface area contributed by atoms with Crippen LogP contribution < -0.4 is 20.1 Å². The van der Waals surface area contributed by atoms with Crippen LogP contribution in [0.25, 0.3) is 0 Å². The second-order valence-corrected chi connectivity index (χ2v) is 11.0. The number of hydrogen-bond donors (Lipinski definition) is 3. The van der Waals surface area contributed by atoms with E-state index in [0.717, 1.165) is 17.5 Å². The van der Waals surface area contributed by atoms with Gasteiger partial charge >= 0.3 is 0 Å². The number of anilines is 2. The van der Waals surface area contributed by atoms with Crippen molar-refractivity contribution in [3.05, 3.63) is 119 Å². The van der Waals surface area contributed by atoms with Crippen LogP contribution in [0.1, 0.15) is 27.0 Å². The lowest BCUT2D eigenvalue weighted by molar-refractivity contribution is 0.0977. The zero-order valence-corrected chi connectivity index (χ0v) is 23.2. The summed E-state index contributed by atoms with van der Waals surface area (Å²) in [4.78, 5) is 12.8. The van der Waals surface area contributed by atoms with E-state index < -0.39 is 15.9 Å². The molecule has 7 nitrogen and oxygen atoms in total. The molecule has 0 unspecified atom stereocenters. The zero-order chi connectivity index (χ0) is 27.8. The zero-order valence-electron chi connectivity index (χ0n) is 21.6. The molecule has 0 heterocycles. The molecule has 39 heavy (non-hydrogen) atoms. The number of carbonyl (C=O) groups excluding carboxylic acids is 1. The van der Waals surface area contributed by atoms with Gasteiger partial charge in [-0.25, -0.2) is 8.42 Å². The van der Waals surface area contributed by atoms with Crippen molar-refractivity contribution < 1.29 is 17.9 Å². The smallest absolute Gasteiger partial charge is 0.261 e. The maximum Gasteiger partial charge on any atom is 0.261 e. The normalized spacial score (nSPS) is 10.9. The van der Waals surface area contributed by atoms with E-state index in [1.165, 1.54) is 17.7 Å². The second kappa shape index (κ2) is 12.6. The molecule has 0 bridgehead atoms. The molecule has 0 saturated heterocycles. The third-order valence-corrected chi connectivity index (χ3v) is 7.61. The molecule has 4 aromatic carbocycles. The average molecular weight is 560 g/mol. The van der Waals surface area contributed by atoms with Crippen molar-refractivity contribution in [2.45, 2.75) is 25.2 Å². The van der Waals surface area contributed by atoms with Crippen molar-refractivity contribution >= 4 is 44.6 Å². The summed E-state index contributed by atoms with van der Waals surface area (Å²) in [6.07, 6.45) is 0.757. The highest BCUT2D eigenvalue weighted by atomic mass is 32.2. The Morgan fingerprint density at radius 1 is 0.821 bits per heavy atom. The number of rotatable bonds is 9. The SMILES string of the molecule is Cc1ccc(NS(=O)(=O)c2ccc(NC(=S)NC(=O)c3cccc(OCCc4ccccc4)c3)cc2)cc1C. The predicted molar refractivity (Wildman–Crippen MR) is 159 cm³/mol. The fraction of sp³-hybridized carbons (Fsp3) is 0.133. The minimum Gasteiger partial charge on any atom is -0.493 e. The van der Waals surface area contributed by atoms with Gasteiger partial charge in [0.05, 0.1) is 11.5 Å². The molecule has 0 aliphatic carbocycles. The molecule has 4 rings (SSSR count). The molecule has 1 amide bonds. The predicted octanol–water partition coefficient (Wildman–Crippen LogP) is 5.85. The number of aryl methyl sites for hydroxylation is 2. The minimum atomic E-state index is -3.76. The van der Waals surface area contributed by atoms with Crippen molar-refractivity contribution in [2.75, 3.05) is 16.6 Å². The Labute approximate surface area is 234 Å². The van der Waals surface area contributed by atoms with E-state index in [4.69, 9.17) is 17.0 Å². The van der Waals surface area contributed by atoms with Crippen LogP contribution in [-0.2, 0) is 16.4 Å². The average Bonchev–Trinajstić information content (AvgIpc) is 2.91. The number of ether oxygens (including phenoxy) is 1. The van der Waals surface area contributed by atoms with E-state index in [0.29, 0.717) is 29.3 Å². The number of benzene rings is 4. The summed E-state index contributed by atoms with van der Waals surface area (Å²) in [6, 6.07) is 28.3. The summed E-state index contributed by atoms with van der Waals surface area (Å²) in [5.74, 6) is 0.196. The standard InChI is InChI=1S/C30H29N3O4S2/c1-21-11-12-26(19-22(21)2)33-39(35,36)28-15-13-25(14-16-28)31-30(38)32-29(34)24-9-6-10-27(20-24)37-18-17-23-7-4-3-5-8-23/h3-16,19-20,33H,17-18H2,1-2H3,(H2,31,32,34,38). The summed E-state index contributed by atoms with van der Waals surface area (Å²) in [7, 11) is -3.76. The Kier molecular flexibility index (Phi) is 8.96. The van der Waals surface area contributed by atoms with Crippen LogP contribution in [0.5, 0.6) is 5.75 Å². The van der Waals surface area contributed by atoms with E-state index >= 15 is 0 Å². The van der Waals surface area contributed by atoms with Gasteiger partial charge < -0.3 is 10.1 Å². The number of sulfonamides is 1. The number of thiocarbonyl (C=S) groups is 1. The fourth-order valence-electron chi connectivity index (χ4n) is 3.73. The molecule has 0 spiro atoms. The van der Waals surface area contributed by atoms with Gasteiger partial charge in [0.1, 0.15) is 5.75 Å².